The summed E-state index contributed by atoms with van der Waals surface area (Å²) in [5, 5.41) is 96.0. The Labute approximate surface area is 739 Å². The largest absolute Gasteiger partial charge is 0.481 e. The summed E-state index contributed by atoms with van der Waals surface area (Å²) in [5.74, 6) is 2.23. The molecule has 0 aromatic carbocycles. The van der Waals surface area contributed by atoms with E-state index in [1.165, 1.54) is 12.8 Å². The first-order chi connectivity index (χ1) is 58.1. The number of aliphatic hydroxyl groups is 5. The maximum absolute atomic E-state index is 15.4. The number of unbranched alkanes of at least 4 members (excludes halogenated alkanes) is 9. The van der Waals surface area contributed by atoms with Crippen molar-refractivity contribution in [1.29, 1.82) is 0 Å². The van der Waals surface area contributed by atoms with E-state index in [0.717, 1.165) is 186 Å². The SMILES string of the molecule is C[C@H](CCC(=O)O)[C@H]1CC[C@H]2[C@@H]3[C@H](O)C[C@@H]4C[C@@H](OCCCCCCNC(=O)C56CC(C)(C(=O)NCCCCCCO[C@H]7CC[C@@]8(C)[C@H](CC[C@@H]9[C@@H]8C[C@H](O)[C@@]8(C)[C@H]9CC[C@]8(C)[C@H](C)CCC(=O)O)C7)CC(C)(C5)C(=O)C6(N)CCCCCCO[C@H]5CC[C@@]6(C)[C@@H](C5)C[C@@H](O)[C@@H]5[C@@H]6C[C@H](O)[C@]6(C)[C@@H]([C@H](C)CCC(=O)O)CC[C@@H]56)CC[C@]4(C)[C@H]3C[C@H](O)[C@]12C. The zero-order valence-electron chi connectivity index (χ0n) is 78.4. The number of carbonyl (C=O) groups is 6. The molecule has 14 saturated carbocycles. The molecular formula is C103H171N3O17. The maximum Gasteiger partial charge on any atom is 0.303 e. The summed E-state index contributed by atoms with van der Waals surface area (Å²) in [6.07, 6.45) is 33.1. The van der Waals surface area contributed by atoms with Crippen LogP contribution in [0.5, 0.6) is 0 Å². The minimum atomic E-state index is -1.47. The fraction of sp³-hybridized carbons (Fsp3) is 0.942. The number of carbonyl (C=O) groups excluding carboxylic acids is 3. The number of rotatable bonds is 38. The molecule has 14 fully saturated rings. The standard InChI is InChI=1S/C103H171N3O17/c1-62(25-34-85(112)113)72-30-32-75-88-78(57-82(109)99(72,75)10)96(7)43-38-69(52-66(96)54-80(88)107)122-48-22-16-13-19-41-103(104)90(118)93(4)59-94(5,91(119)105-46-20-14-17-23-49-121-68-37-42-95(6)65(51-68)28-29-71-74-40-45-98(9,64(3)27-36-87(116)117)101(74,12)84(111)56-77(71)95)61-102(103,60-93)92(120)106-47-21-15-18-24-50-123-70-39-44-97(8)67(53-70)55-81(108)89-76-33-31-73(63(2)26-35-86(114)115)100(76,11)83(110)58-79(89)97/h62-84,88-89,107-111H,13-61,104H2,1-12H3,(H,105,119)(H,106,120)(H,112,113)(H,114,115)(H,116,117)/t62-,63-,64-,65-,66+,67+,68+,69+,70+,71+,72-,73-,74+,75+,76+,77+,78+,79+,80-,81-,82+,83+,84+,88+,89+,93?,94?,95+,96+,97+,98-,99-,100-,101-,102?,103?/m1/s1. The topological polar surface area (TPSA) is 342 Å². The maximum atomic E-state index is 15.4. The summed E-state index contributed by atoms with van der Waals surface area (Å²) in [6, 6.07) is 0. The second-order valence-electron chi connectivity index (χ2n) is 47.8. The van der Waals surface area contributed by atoms with Crippen LogP contribution in [0.15, 0.2) is 0 Å². The Morgan fingerprint density at radius 2 is 0.862 bits per heavy atom. The Morgan fingerprint density at radius 1 is 0.431 bits per heavy atom. The van der Waals surface area contributed by atoms with E-state index in [2.05, 4.69) is 79.9 Å². The fourth-order valence-electron chi connectivity index (χ4n) is 34.8. The number of carboxylic acid groups (broad SMARTS) is 3. The molecule has 0 heterocycles. The molecule has 4 unspecified atom stereocenters. The van der Waals surface area contributed by atoms with Crippen molar-refractivity contribution in [3.8, 4) is 0 Å². The van der Waals surface area contributed by atoms with Gasteiger partial charge in [0.25, 0.3) is 0 Å². The van der Waals surface area contributed by atoms with Gasteiger partial charge in [0, 0.05) is 68.4 Å². The van der Waals surface area contributed by atoms with Crippen molar-refractivity contribution in [3.63, 3.8) is 0 Å². The molecule has 0 aromatic rings. The molecule has 0 aromatic heterocycles. The van der Waals surface area contributed by atoms with E-state index in [-0.39, 0.29) is 171 Å². The lowest BCUT2D eigenvalue weighted by Crippen LogP contribution is -2.63. The van der Waals surface area contributed by atoms with E-state index in [4.69, 9.17) is 19.9 Å². The summed E-state index contributed by atoms with van der Waals surface area (Å²) in [4.78, 5) is 80.5. The molecule has 2 amide bonds. The zero-order valence-corrected chi connectivity index (χ0v) is 78.4. The number of Topliss-reactive ketones (excluding diaryl/α,β-unsaturated/α-hetero) is 1. The third kappa shape index (κ3) is 17.3. The lowest BCUT2D eigenvalue weighted by molar-refractivity contribution is -0.209. The first kappa shape index (κ1) is 95.7. The number of ether oxygens (including phenoxy) is 3. The van der Waals surface area contributed by atoms with Crippen LogP contribution < -0.4 is 16.4 Å². The van der Waals surface area contributed by atoms with Gasteiger partial charge in [-0.05, 0) is 351 Å². The zero-order chi connectivity index (χ0) is 88.6. The van der Waals surface area contributed by atoms with E-state index in [1.54, 1.807) is 0 Å². The van der Waals surface area contributed by atoms with Crippen LogP contribution in [-0.2, 0) is 43.0 Å². The van der Waals surface area contributed by atoms with Crippen LogP contribution in [0.1, 0.15) is 366 Å². The van der Waals surface area contributed by atoms with Gasteiger partial charge >= 0.3 is 17.9 Å². The lowest BCUT2D eigenvalue weighted by Gasteiger charge is -2.64. The Bertz CT molecular complexity index is 3690. The number of nitrogens with one attached hydrogen (secondary N) is 2. The molecule has 2 bridgehead atoms. The second kappa shape index (κ2) is 37.4. The van der Waals surface area contributed by atoms with Crippen molar-refractivity contribution in [2.45, 2.75) is 420 Å². The molecule has 14 rings (SSSR count). The fourth-order valence-corrected chi connectivity index (χ4v) is 34.8. The predicted octanol–water partition coefficient (Wildman–Crippen LogP) is 17.6. The van der Waals surface area contributed by atoms with Crippen LogP contribution >= 0.6 is 0 Å². The molecule has 14 aliphatic carbocycles. The Kier molecular flexibility index (Phi) is 29.1. The van der Waals surface area contributed by atoms with E-state index < -0.39 is 64.1 Å². The Balaban J connectivity index is 0.541. The summed E-state index contributed by atoms with van der Waals surface area (Å²) in [7, 11) is 0. The van der Waals surface area contributed by atoms with Gasteiger partial charge in [-0.2, -0.15) is 0 Å². The number of carboxylic acids is 3. The third-order valence-electron chi connectivity index (χ3n) is 42.1. The lowest BCUT2D eigenvalue weighted by atomic mass is 9.42. The molecule has 123 heavy (non-hydrogen) atoms. The minimum Gasteiger partial charge on any atom is -0.481 e. The molecule has 0 spiro atoms. The molecule has 0 saturated heterocycles. The van der Waals surface area contributed by atoms with Gasteiger partial charge in [-0.15, -0.1) is 0 Å². The molecule has 0 radical (unpaired) electrons. The minimum absolute atomic E-state index is 0.00650. The van der Waals surface area contributed by atoms with Crippen molar-refractivity contribution in [3.05, 3.63) is 0 Å². The Morgan fingerprint density at radius 3 is 1.34 bits per heavy atom. The average Bonchev–Trinajstić information content (AvgIpc) is 1.57. The Hall–Kier alpha value is -3.34. The highest BCUT2D eigenvalue weighted by Crippen LogP contribution is 2.75. The van der Waals surface area contributed by atoms with Gasteiger partial charge in [0.1, 0.15) is 0 Å². The van der Waals surface area contributed by atoms with Crippen molar-refractivity contribution in [1.82, 2.24) is 10.6 Å². The molecule has 36 atom stereocenters. The van der Waals surface area contributed by atoms with Crippen molar-refractivity contribution < 1.29 is 83.8 Å². The number of amides is 2. The van der Waals surface area contributed by atoms with Gasteiger partial charge in [0.05, 0.1) is 59.8 Å². The van der Waals surface area contributed by atoms with Crippen LogP contribution in [-0.4, -0.2) is 164 Å². The van der Waals surface area contributed by atoms with Gasteiger partial charge in [0.15, 0.2) is 5.78 Å². The van der Waals surface area contributed by atoms with Gasteiger partial charge in [-0.25, -0.2) is 0 Å². The van der Waals surface area contributed by atoms with Crippen LogP contribution in [0.2, 0.25) is 0 Å². The number of hydrogen-bond donors (Lipinski definition) is 11. The van der Waals surface area contributed by atoms with E-state index in [9.17, 15) is 60.0 Å². The predicted molar refractivity (Wildman–Crippen MR) is 475 cm³/mol. The normalized spacial score (nSPS) is 47.1. The molecule has 20 heteroatoms. The highest BCUT2D eigenvalue weighted by Gasteiger charge is 2.76. The summed E-state index contributed by atoms with van der Waals surface area (Å²) in [6.45, 7) is 29.9. The first-order valence-corrected chi connectivity index (χ1v) is 50.9. The van der Waals surface area contributed by atoms with Gasteiger partial charge in [-0.3, -0.25) is 28.8 Å². The highest BCUT2D eigenvalue weighted by molar-refractivity contribution is 6.06. The molecule has 0 aliphatic heterocycles. The molecule has 14 aliphatic rings. The third-order valence-corrected chi connectivity index (χ3v) is 42.1. The monoisotopic (exact) mass is 1720 g/mol. The van der Waals surface area contributed by atoms with Gasteiger partial charge < -0.3 is 71.4 Å². The van der Waals surface area contributed by atoms with Crippen molar-refractivity contribution in [2.24, 2.45) is 160 Å². The van der Waals surface area contributed by atoms with Crippen LogP contribution in [0.3, 0.4) is 0 Å². The highest BCUT2D eigenvalue weighted by atomic mass is 16.5. The number of aliphatic hydroxyl groups excluding tert-OH is 5. The summed E-state index contributed by atoms with van der Waals surface area (Å²) in [5.41, 5.74) is 2.16. The number of fused-ring (bicyclic) bond motifs is 17. The number of aliphatic carboxylic acids is 3. The molecule has 20 nitrogen and oxygen atoms in total. The number of ketones is 1. The number of hydrogen-bond acceptors (Lipinski definition) is 15. The molecular weight excluding hydrogens is 1550 g/mol. The van der Waals surface area contributed by atoms with E-state index in [1.807, 2.05) is 13.8 Å². The van der Waals surface area contributed by atoms with Gasteiger partial charge in [-0.1, -0.05) is 128 Å². The average molecular weight is 1720 g/mol. The number of nitrogens with two attached hydrogens (primary N) is 1. The van der Waals surface area contributed by atoms with Crippen LogP contribution in [0, 0.1) is 155 Å². The van der Waals surface area contributed by atoms with Crippen LogP contribution in [0.25, 0.3) is 0 Å². The second-order valence-corrected chi connectivity index (χ2v) is 47.8. The van der Waals surface area contributed by atoms with E-state index >= 15 is 9.59 Å². The smallest absolute Gasteiger partial charge is 0.303 e. The summed E-state index contributed by atoms with van der Waals surface area (Å²) < 4.78 is 20.1. The quantitative estimate of drug-likeness (QED) is 0.0256. The first-order valence-electron chi connectivity index (χ1n) is 50.9. The van der Waals surface area contributed by atoms with E-state index in [0.29, 0.717) is 126 Å². The molecule has 700 valence electrons. The van der Waals surface area contributed by atoms with Crippen molar-refractivity contribution >= 4 is 35.5 Å². The summed E-state index contributed by atoms with van der Waals surface area (Å²) >= 11 is 0. The molecule has 12 N–H and O–H groups in total. The van der Waals surface area contributed by atoms with Crippen molar-refractivity contribution in [2.75, 3.05) is 32.9 Å². The van der Waals surface area contributed by atoms with Gasteiger partial charge in [0.2, 0.25) is 11.8 Å². The van der Waals surface area contributed by atoms with Crippen LogP contribution in [0.4, 0.5) is 0 Å².